The summed E-state index contributed by atoms with van der Waals surface area (Å²) in [5.74, 6) is -1.39. The fourth-order valence-electron chi connectivity index (χ4n) is 3.03. The number of carbonyl (C=O) groups is 2. The van der Waals surface area contributed by atoms with E-state index in [0.29, 0.717) is 34.4 Å². The van der Waals surface area contributed by atoms with Gasteiger partial charge in [0.05, 0.1) is 36.8 Å². The lowest BCUT2D eigenvalue weighted by Crippen LogP contribution is -2.19. The molecule has 2 N–H and O–H groups in total. The van der Waals surface area contributed by atoms with Gasteiger partial charge in [-0.25, -0.2) is 14.8 Å². The number of aromatic nitrogens is 4. The molecule has 1 atom stereocenters. The van der Waals surface area contributed by atoms with Gasteiger partial charge in [0.1, 0.15) is 10.7 Å². The van der Waals surface area contributed by atoms with Crippen LogP contribution >= 0.6 is 11.3 Å². The van der Waals surface area contributed by atoms with E-state index < -0.39 is 28.8 Å². The predicted molar refractivity (Wildman–Crippen MR) is 125 cm³/mol. The summed E-state index contributed by atoms with van der Waals surface area (Å²) in [5, 5.41) is 4.79. The molecule has 0 radical (unpaired) electrons. The highest BCUT2D eigenvalue weighted by Gasteiger charge is 2.33. The van der Waals surface area contributed by atoms with Crippen LogP contribution in [0, 0.1) is 12.5 Å². The van der Waals surface area contributed by atoms with Gasteiger partial charge in [0.25, 0.3) is 5.91 Å². The maximum atomic E-state index is 12.8. The second-order valence-corrected chi connectivity index (χ2v) is 9.02. The molecule has 3 heterocycles. The molecule has 4 rings (SSSR count). The normalized spacial score (nSPS) is 14.6. The average Bonchev–Trinajstić information content (AvgIpc) is 3.56. The molecule has 0 bridgehead atoms. The zero-order valence-electron chi connectivity index (χ0n) is 18.7. The Labute approximate surface area is 207 Å². The van der Waals surface area contributed by atoms with E-state index in [0.717, 1.165) is 12.8 Å². The van der Waals surface area contributed by atoms with Crippen LogP contribution in [0.4, 0.5) is 24.1 Å². The van der Waals surface area contributed by atoms with Crippen molar-refractivity contribution in [1.82, 2.24) is 19.9 Å². The van der Waals surface area contributed by atoms with E-state index in [1.807, 2.05) is 0 Å². The molecule has 36 heavy (non-hydrogen) atoms. The van der Waals surface area contributed by atoms with E-state index in [1.54, 1.807) is 19.1 Å². The van der Waals surface area contributed by atoms with Crippen LogP contribution in [0.5, 0.6) is 0 Å². The molecule has 0 saturated heterocycles. The monoisotopic (exact) mass is 513 g/mol. The molecule has 0 spiro atoms. The highest BCUT2D eigenvalue weighted by molar-refractivity contribution is 7.15. The number of hydrogen-bond acceptors (Lipinski definition) is 7. The first-order valence-corrected chi connectivity index (χ1v) is 11.5. The van der Waals surface area contributed by atoms with Crippen molar-refractivity contribution in [2.24, 2.45) is 5.92 Å². The number of rotatable bonds is 7. The summed E-state index contributed by atoms with van der Waals surface area (Å²) >= 11 is 0.343. The molecule has 0 aliphatic heterocycles. The first kappa shape index (κ1) is 24.9. The molecule has 13 heteroatoms. The third-order valence-corrected chi connectivity index (χ3v) is 6.18. The maximum absolute atomic E-state index is 12.8. The van der Waals surface area contributed by atoms with Gasteiger partial charge in [-0.2, -0.15) is 13.2 Å². The number of halogens is 3. The van der Waals surface area contributed by atoms with Crippen molar-refractivity contribution in [3.8, 4) is 11.3 Å². The number of amides is 2. The van der Waals surface area contributed by atoms with Crippen molar-refractivity contribution in [3.63, 3.8) is 0 Å². The Morgan fingerprint density at radius 1 is 1.14 bits per heavy atom. The van der Waals surface area contributed by atoms with Gasteiger partial charge in [-0.3, -0.25) is 19.6 Å². The molecule has 1 fully saturated rings. The lowest BCUT2D eigenvalue weighted by atomic mass is 10.0. The van der Waals surface area contributed by atoms with Gasteiger partial charge in [0.15, 0.2) is 5.13 Å². The predicted octanol–water partition coefficient (Wildman–Crippen LogP) is 4.91. The highest BCUT2D eigenvalue weighted by atomic mass is 32.1. The zero-order valence-corrected chi connectivity index (χ0v) is 19.5. The number of allylic oxidation sites excluding steroid dienone is 1. The van der Waals surface area contributed by atoms with Crippen molar-refractivity contribution >= 4 is 34.1 Å². The maximum Gasteiger partial charge on any atom is 0.427 e. The summed E-state index contributed by atoms with van der Waals surface area (Å²) in [5.41, 5.74) is 1.48. The van der Waals surface area contributed by atoms with E-state index >= 15 is 0 Å². The van der Waals surface area contributed by atoms with Crippen LogP contribution in [0.2, 0.25) is 0 Å². The molecule has 184 valence electrons. The number of alkyl halides is 3. The lowest BCUT2D eigenvalue weighted by Gasteiger charge is -2.12. The van der Waals surface area contributed by atoms with E-state index in [9.17, 15) is 22.8 Å². The van der Waals surface area contributed by atoms with Crippen LogP contribution < -0.4 is 10.6 Å². The van der Waals surface area contributed by atoms with Crippen molar-refractivity contribution in [1.29, 1.82) is 0 Å². The summed E-state index contributed by atoms with van der Waals surface area (Å²) in [6.45, 7) is 8.76. The van der Waals surface area contributed by atoms with Crippen LogP contribution in [0.3, 0.4) is 0 Å². The molecular weight excluding hydrogens is 495 g/mol. The van der Waals surface area contributed by atoms with Gasteiger partial charge in [0, 0.05) is 18.0 Å². The molecule has 3 aromatic heterocycles. The van der Waals surface area contributed by atoms with Gasteiger partial charge < -0.3 is 10.6 Å². The Bertz CT molecular complexity index is 1360. The third-order valence-electron chi connectivity index (χ3n) is 5.23. The van der Waals surface area contributed by atoms with E-state index in [-0.39, 0.29) is 22.6 Å². The van der Waals surface area contributed by atoms with Crippen LogP contribution in [0.15, 0.2) is 48.8 Å². The first-order valence-electron chi connectivity index (χ1n) is 10.7. The van der Waals surface area contributed by atoms with Crippen molar-refractivity contribution in [2.75, 3.05) is 10.6 Å². The SMILES string of the molecule is [C-]#[N+]/C(=C\C1CC1)C(=O)Nc1cnc(-c2cncc(C(C)C(=O)Nc3ncc(C(F)(F)F)s3)c2)cn1. The second-order valence-electron chi connectivity index (χ2n) is 7.99. The van der Waals surface area contributed by atoms with Crippen LogP contribution in [0.1, 0.15) is 36.1 Å². The van der Waals surface area contributed by atoms with Gasteiger partial charge in [-0.15, -0.1) is 0 Å². The van der Waals surface area contributed by atoms with Gasteiger partial charge in [-0.1, -0.05) is 17.4 Å². The standard InChI is InChI=1S/C23H18F3N7O2S/c1-12(20(34)33-22-31-10-18(36-22)23(24,25)26)14-6-15(8-28-7-14)17-9-30-19(11-29-17)32-21(35)16(27-2)5-13-3-4-13/h5-13H,3-4H2,1H3,(H,30,32,35)(H,31,33,34)/b16-5-. The van der Waals surface area contributed by atoms with Crippen LogP contribution in [0.25, 0.3) is 16.1 Å². The quantitative estimate of drug-likeness (QED) is 0.343. The van der Waals surface area contributed by atoms with Crippen LogP contribution in [-0.4, -0.2) is 31.8 Å². The third kappa shape index (κ3) is 6.08. The number of pyridine rings is 1. The molecule has 1 saturated carbocycles. The van der Waals surface area contributed by atoms with Gasteiger partial charge in [0.2, 0.25) is 11.6 Å². The molecule has 1 aliphatic carbocycles. The average molecular weight is 514 g/mol. The smallest absolute Gasteiger partial charge is 0.315 e. The second kappa shape index (κ2) is 10.2. The topological polar surface area (TPSA) is 114 Å². The molecule has 0 aromatic carbocycles. The Morgan fingerprint density at radius 3 is 2.53 bits per heavy atom. The fourth-order valence-corrected chi connectivity index (χ4v) is 3.72. The molecular formula is C23H18F3N7O2S. The minimum Gasteiger partial charge on any atom is -0.315 e. The molecule has 2 amide bonds. The van der Waals surface area contributed by atoms with Crippen molar-refractivity contribution in [3.05, 3.63) is 70.7 Å². The summed E-state index contributed by atoms with van der Waals surface area (Å²) < 4.78 is 38.3. The minimum absolute atomic E-state index is 0.0138. The zero-order chi connectivity index (χ0) is 25.9. The molecule has 9 nitrogen and oxygen atoms in total. The van der Waals surface area contributed by atoms with Crippen molar-refractivity contribution in [2.45, 2.75) is 31.9 Å². The van der Waals surface area contributed by atoms with Gasteiger partial charge >= 0.3 is 6.18 Å². The number of nitrogens with one attached hydrogen (secondary N) is 2. The Balaban J connectivity index is 1.42. The lowest BCUT2D eigenvalue weighted by molar-refractivity contribution is -0.134. The van der Waals surface area contributed by atoms with Crippen molar-refractivity contribution < 1.29 is 22.8 Å². The molecule has 1 unspecified atom stereocenters. The number of carbonyl (C=O) groups excluding carboxylic acids is 2. The van der Waals surface area contributed by atoms with E-state index in [4.69, 9.17) is 6.57 Å². The summed E-state index contributed by atoms with van der Waals surface area (Å²) in [7, 11) is 0. The van der Waals surface area contributed by atoms with E-state index in [2.05, 4.69) is 35.4 Å². The number of thiazole rings is 1. The molecule has 3 aromatic rings. The Hall–Kier alpha value is -4.18. The summed E-state index contributed by atoms with van der Waals surface area (Å²) in [4.78, 5) is 43.4. The first-order chi connectivity index (χ1) is 17.1. The Kier molecular flexibility index (Phi) is 7.07. The van der Waals surface area contributed by atoms with Gasteiger partial charge in [-0.05, 0) is 37.3 Å². The number of nitrogens with zero attached hydrogens (tertiary/aromatic N) is 5. The number of hydrogen-bond donors (Lipinski definition) is 2. The largest absolute Gasteiger partial charge is 0.427 e. The fraction of sp³-hybridized carbons (Fsp3) is 0.261. The van der Waals surface area contributed by atoms with E-state index in [1.165, 1.54) is 24.8 Å². The minimum atomic E-state index is -4.53. The highest BCUT2D eigenvalue weighted by Crippen LogP contribution is 2.35. The number of anilines is 2. The summed E-state index contributed by atoms with van der Waals surface area (Å²) in [6, 6.07) is 1.66. The van der Waals surface area contributed by atoms with Crippen LogP contribution in [-0.2, 0) is 15.8 Å². The Morgan fingerprint density at radius 2 is 1.92 bits per heavy atom. The molecule has 1 aliphatic rings. The summed E-state index contributed by atoms with van der Waals surface area (Å²) in [6.07, 6.45) is 5.48.